The molecule has 1 fully saturated rings. The molecule has 0 aliphatic carbocycles. The Morgan fingerprint density at radius 2 is 1.96 bits per heavy atom. The quantitative estimate of drug-likeness (QED) is 0.804. The molecule has 1 aromatic heterocycles. The van der Waals surface area contributed by atoms with Gasteiger partial charge in [-0.2, -0.15) is 5.10 Å². The number of likely N-dealkylation sites (tertiary alicyclic amines) is 1. The molecule has 146 valence electrons. The summed E-state index contributed by atoms with van der Waals surface area (Å²) in [5.74, 6) is 0.311. The summed E-state index contributed by atoms with van der Waals surface area (Å²) < 4.78 is 32.2. The number of carbonyl (C=O) groups excluding carboxylic acids is 1. The number of piperidine rings is 1. The highest BCUT2D eigenvalue weighted by Gasteiger charge is 2.26. The van der Waals surface area contributed by atoms with Crippen LogP contribution >= 0.6 is 0 Å². The highest BCUT2D eigenvalue weighted by atomic mass is 19.3. The number of aromatic nitrogens is 2. The van der Waals surface area contributed by atoms with Crippen LogP contribution in [0.5, 0.6) is 0 Å². The Balaban J connectivity index is 1.64. The van der Waals surface area contributed by atoms with Crippen molar-refractivity contribution in [3.63, 3.8) is 0 Å². The van der Waals surface area contributed by atoms with Crippen molar-refractivity contribution in [3.8, 4) is 0 Å². The van der Waals surface area contributed by atoms with Gasteiger partial charge >= 0.3 is 0 Å². The predicted molar refractivity (Wildman–Crippen MR) is 97.8 cm³/mol. The van der Waals surface area contributed by atoms with Gasteiger partial charge in [0, 0.05) is 26.3 Å². The Labute approximate surface area is 157 Å². The SMILES string of the molecule is CO[C@@H](C(=O)Nc1ccnn1C1CCN(CC(F)F)CC1)c1ccccc1. The molecule has 8 heteroatoms. The molecule has 0 bridgehead atoms. The highest BCUT2D eigenvalue weighted by molar-refractivity contribution is 5.94. The van der Waals surface area contributed by atoms with Gasteiger partial charge in [0.15, 0.2) is 6.10 Å². The van der Waals surface area contributed by atoms with E-state index < -0.39 is 12.5 Å². The number of nitrogens with zero attached hydrogens (tertiary/aromatic N) is 3. The van der Waals surface area contributed by atoms with Crippen LogP contribution in [0.4, 0.5) is 14.6 Å². The van der Waals surface area contributed by atoms with Crippen LogP contribution in [-0.2, 0) is 9.53 Å². The summed E-state index contributed by atoms with van der Waals surface area (Å²) in [5, 5.41) is 7.21. The first kappa shape index (κ1) is 19.4. The van der Waals surface area contributed by atoms with Crippen molar-refractivity contribution in [2.45, 2.75) is 31.4 Å². The smallest absolute Gasteiger partial charge is 0.259 e. The average molecular weight is 378 g/mol. The van der Waals surface area contributed by atoms with Crippen molar-refractivity contribution < 1.29 is 18.3 Å². The zero-order valence-electron chi connectivity index (χ0n) is 15.2. The van der Waals surface area contributed by atoms with Gasteiger partial charge in [0.05, 0.1) is 18.8 Å². The summed E-state index contributed by atoms with van der Waals surface area (Å²) in [7, 11) is 1.49. The normalized spacial score (nSPS) is 17.2. The molecule has 3 rings (SSSR count). The van der Waals surface area contributed by atoms with E-state index in [2.05, 4.69) is 10.4 Å². The molecule has 2 aromatic rings. The standard InChI is InChI=1S/C19H24F2N4O2/c1-27-18(14-5-3-2-4-6-14)19(26)23-17-7-10-22-25(17)15-8-11-24(12-9-15)13-16(20)21/h2-7,10,15-16,18H,8-9,11-13H2,1H3,(H,23,26)/t18-/m1/s1. The number of halogens is 2. The monoisotopic (exact) mass is 378 g/mol. The van der Waals surface area contributed by atoms with Crippen molar-refractivity contribution >= 4 is 11.7 Å². The van der Waals surface area contributed by atoms with Crippen LogP contribution in [0.2, 0.25) is 0 Å². The second kappa shape index (κ2) is 9.05. The number of nitrogens with one attached hydrogen (secondary N) is 1. The first-order valence-corrected chi connectivity index (χ1v) is 9.01. The summed E-state index contributed by atoms with van der Waals surface area (Å²) in [5.41, 5.74) is 0.767. The van der Waals surface area contributed by atoms with E-state index in [1.165, 1.54) is 7.11 Å². The molecule has 6 nitrogen and oxygen atoms in total. The topological polar surface area (TPSA) is 59.4 Å². The Morgan fingerprint density at radius 1 is 1.26 bits per heavy atom. The number of amides is 1. The summed E-state index contributed by atoms with van der Waals surface area (Å²) in [6.07, 6.45) is 0.0196. The molecule has 0 unspecified atom stereocenters. The van der Waals surface area contributed by atoms with Crippen molar-refractivity contribution in [3.05, 3.63) is 48.2 Å². The molecule has 1 amide bonds. The number of anilines is 1. The number of carbonyl (C=O) groups is 1. The predicted octanol–water partition coefficient (Wildman–Crippen LogP) is 3.11. The molecule has 0 spiro atoms. The van der Waals surface area contributed by atoms with Crippen LogP contribution in [0.3, 0.4) is 0 Å². The third-order valence-corrected chi connectivity index (χ3v) is 4.80. The maximum atomic E-state index is 12.7. The minimum Gasteiger partial charge on any atom is -0.367 e. The third-order valence-electron chi connectivity index (χ3n) is 4.80. The minimum absolute atomic E-state index is 0.0712. The van der Waals surface area contributed by atoms with E-state index in [-0.39, 0.29) is 18.5 Å². The molecule has 1 aromatic carbocycles. The first-order chi connectivity index (χ1) is 13.1. The van der Waals surface area contributed by atoms with E-state index >= 15 is 0 Å². The van der Waals surface area contributed by atoms with Gasteiger partial charge in [0.25, 0.3) is 12.3 Å². The van der Waals surface area contributed by atoms with Crippen LogP contribution in [0.1, 0.15) is 30.6 Å². The van der Waals surface area contributed by atoms with Gasteiger partial charge in [-0.05, 0) is 18.4 Å². The van der Waals surface area contributed by atoms with Gasteiger partial charge in [-0.15, -0.1) is 0 Å². The number of rotatable bonds is 7. The summed E-state index contributed by atoms with van der Waals surface area (Å²) in [6, 6.07) is 11.1. The van der Waals surface area contributed by atoms with Gasteiger partial charge in [0.2, 0.25) is 0 Å². The molecule has 1 N–H and O–H groups in total. The Morgan fingerprint density at radius 3 is 2.59 bits per heavy atom. The van der Waals surface area contributed by atoms with Crippen LogP contribution in [0.25, 0.3) is 0 Å². The van der Waals surface area contributed by atoms with Crippen LogP contribution < -0.4 is 5.32 Å². The molecule has 1 atom stereocenters. The van der Waals surface area contributed by atoms with Crippen LogP contribution in [0.15, 0.2) is 42.6 Å². The van der Waals surface area contributed by atoms with E-state index in [0.717, 1.165) is 5.56 Å². The van der Waals surface area contributed by atoms with Crippen molar-refractivity contribution in [1.82, 2.24) is 14.7 Å². The fraction of sp³-hybridized carbons (Fsp3) is 0.474. The zero-order valence-corrected chi connectivity index (χ0v) is 15.2. The Hall–Kier alpha value is -2.32. The molecule has 1 aliphatic heterocycles. The van der Waals surface area contributed by atoms with E-state index in [4.69, 9.17) is 4.74 Å². The third kappa shape index (κ3) is 4.90. The lowest BCUT2D eigenvalue weighted by atomic mass is 10.1. The van der Waals surface area contributed by atoms with E-state index in [1.54, 1.807) is 21.8 Å². The lowest BCUT2D eigenvalue weighted by Gasteiger charge is -2.32. The van der Waals surface area contributed by atoms with Crippen molar-refractivity contribution in [2.75, 3.05) is 32.1 Å². The maximum Gasteiger partial charge on any atom is 0.259 e. The van der Waals surface area contributed by atoms with E-state index in [0.29, 0.717) is 31.7 Å². The van der Waals surface area contributed by atoms with Gasteiger partial charge in [0.1, 0.15) is 5.82 Å². The van der Waals surface area contributed by atoms with Crippen LogP contribution in [0, 0.1) is 0 Å². The number of hydrogen-bond donors (Lipinski definition) is 1. The fourth-order valence-electron chi connectivity index (χ4n) is 3.46. The van der Waals surface area contributed by atoms with Crippen molar-refractivity contribution in [1.29, 1.82) is 0 Å². The Bertz CT molecular complexity index is 730. The second-order valence-corrected chi connectivity index (χ2v) is 6.60. The number of ether oxygens (including phenoxy) is 1. The number of alkyl halides is 2. The van der Waals surface area contributed by atoms with Gasteiger partial charge in [-0.1, -0.05) is 30.3 Å². The molecule has 27 heavy (non-hydrogen) atoms. The molecule has 1 saturated heterocycles. The fourth-order valence-corrected chi connectivity index (χ4v) is 3.46. The molecular formula is C19H24F2N4O2. The average Bonchev–Trinajstić information content (AvgIpc) is 3.11. The summed E-state index contributed by atoms with van der Waals surface area (Å²) >= 11 is 0. The molecule has 0 radical (unpaired) electrons. The van der Waals surface area contributed by atoms with Gasteiger partial charge < -0.3 is 10.1 Å². The second-order valence-electron chi connectivity index (χ2n) is 6.60. The Kier molecular flexibility index (Phi) is 6.52. The maximum absolute atomic E-state index is 12.7. The summed E-state index contributed by atoms with van der Waals surface area (Å²) in [4.78, 5) is 14.4. The minimum atomic E-state index is -2.31. The van der Waals surface area contributed by atoms with Gasteiger partial charge in [-0.25, -0.2) is 13.5 Å². The van der Waals surface area contributed by atoms with E-state index in [9.17, 15) is 13.6 Å². The number of benzene rings is 1. The number of methoxy groups -OCH3 is 1. The van der Waals surface area contributed by atoms with E-state index in [1.807, 2.05) is 30.3 Å². The zero-order chi connectivity index (χ0) is 19.2. The lowest BCUT2D eigenvalue weighted by Crippen LogP contribution is -2.38. The lowest BCUT2D eigenvalue weighted by molar-refractivity contribution is -0.126. The molecule has 1 aliphatic rings. The number of hydrogen-bond acceptors (Lipinski definition) is 4. The first-order valence-electron chi connectivity index (χ1n) is 9.01. The van der Waals surface area contributed by atoms with Crippen LogP contribution in [-0.4, -0.2) is 53.8 Å². The molecular weight excluding hydrogens is 354 g/mol. The molecule has 2 heterocycles. The van der Waals surface area contributed by atoms with Gasteiger partial charge in [-0.3, -0.25) is 9.69 Å². The summed E-state index contributed by atoms with van der Waals surface area (Å²) in [6.45, 7) is 0.988. The van der Waals surface area contributed by atoms with Crippen molar-refractivity contribution in [2.24, 2.45) is 0 Å². The highest BCUT2D eigenvalue weighted by Crippen LogP contribution is 2.26. The molecule has 0 saturated carbocycles. The largest absolute Gasteiger partial charge is 0.367 e.